The minimum Gasteiger partial charge on any atom is -0.383 e. The molecule has 35 heavy (non-hydrogen) atoms. The van der Waals surface area contributed by atoms with Crippen molar-refractivity contribution in [1.29, 1.82) is 0 Å². The Kier molecular flexibility index (Phi) is 7.97. The lowest BCUT2D eigenvalue weighted by Crippen LogP contribution is -2.47. The molecule has 4 heterocycles. The maximum Gasteiger partial charge on any atom is 0.222 e. The van der Waals surface area contributed by atoms with Crippen LogP contribution in [0.4, 0.5) is 17.6 Å². The van der Waals surface area contributed by atoms with Crippen LogP contribution in [0, 0.1) is 0 Å². The zero-order valence-corrected chi connectivity index (χ0v) is 21.4. The zero-order chi connectivity index (χ0) is 24.8. The maximum absolute atomic E-state index is 6.06. The summed E-state index contributed by atoms with van der Waals surface area (Å²) in [4.78, 5) is 23.1. The van der Waals surface area contributed by atoms with Crippen LogP contribution in [0.3, 0.4) is 0 Å². The summed E-state index contributed by atoms with van der Waals surface area (Å²) in [6, 6.07) is 6.11. The Morgan fingerprint density at radius 2 is 1.89 bits per heavy atom. The molecule has 1 saturated heterocycles. The fraction of sp³-hybridized carbons (Fsp3) is 0.538. The van der Waals surface area contributed by atoms with Gasteiger partial charge in [0.2, 0.25) is 5.95 Å². The molecule has 1 aliphatic heterocycles. The van der Waals surface area contributed by atoms with Gasteiger partial charge in [-0.1, -0.05) is 19.8 Å². The van der Waals surface area contributed by atoms with Crippen LogP contribution in [0.1, 0.15) is 40.0 Å². The first-order chi connectivity index (χ1) is 16.9. The second kappa shape index (κ2) is 11.1. The van der Waals surface area contributed by atoms with E-state index in [2.05, 4.69) is 58.0 Å². The van der Waals surface area contributed by atoms with Gasteiger partial charge in [0.1, 0.15) is 11.6 Å². The van der Waals surface area contributed by atoms with Gasteiger partial charge >= 0.3 is 0 Å². The van der Waals surface area contributed by atoms with Crippen molar-refractivity contribution in [1.82, 2.24) is 24.8 Å². The van der Waals surface area contributed by atoms with Crippen LogP contribution in [0.25, 0.3) is 22.2 Å². The van der Waals surface area contributed by atoms with Gasteiger partial charge in [-0.2, -0.15) is 4.98 Å². The average Bonchev–Trinajstić information content (AvgIpc) is 2.86. The molecule has 1 aliphatic rings. The van der Waals surface area contributed by atoms with Gasteiger partial charge < -0.3 is 20.7 Å². The van der Waals surface area contributed by atoms with Crippen LogP contribution in [0.15, 0.2) is 30.6 Å². The number of nitrogen functional groups attached to an aromatic ring is 1. The van der Waals surface area contributed by atoms with Crippen molar-refractivity contribution in [2.24, 2.45) is 0 Å². The van der Waals surface area contributed by atoms with E-state index < -0.39 is 0 Å². The molecule has 0 unspecified atom stereocenters. The molecule has 0 amide bonds. The van der Waals surface area contributed by atoms with Gasteiger partial charge in [-0.3, -0.25) is 9.88 Å². The van der Waals surface area contributed by atoms with E-state index in [1.165, 1.54) is 0 Å². The van der Waals surface area contributed by atoms with Crippen molar-refractivity contribution < 1.29 is 4.74 Å². The third-order valence-corrected chi connectivity index (χ3v) is 6.56. The minimum atomic E-state index is -0.0998. The summed E-state index contributed by atoms with van der Waals surface area (Å²) in [6.07, 6.45) is 7.06. The number of ether oxygens (including phenoxy) is 1. The number of fused-ring (bicyclic) bond motifs is 1. The van der Waals surface area contributed by atoms with Crippen molar-refractivity contribution in [2.75, 3.05) is 62.4 Å². The molecule has 4 rings (SSSR count). The molecule has 3 aromatic rings. The Hall–Kier alpha value is -3.04. The Bertz CT molecular complexity index is 1110. The first-order valence-corrected chi connectivity index (χ1v) is 12.5. The number of anilines is 3. The molecule has 9 nitrogen and oxygen atoms in total. The number of piperazine rings is 1. The number of hydrogen-bond acceptors (Lipinski definition) is 9. The highest BCUT2D eigenvalue weighted by Gasteiger charge is 2.20. The van der Waals surface area contributed by atoms with Crippen molar-refractivity contribution in [3.63, 3.8) is 0 Å². The van der Waals surface area contributed by atoms with Crippen LogP contribution in [-0.2, 0) is 4.74 Å². The van der Waals surface area contributed by atoms with E-state index in [1.54, 1.807) is 7.11 Å². The molecule has 0 aromatic carbocycles. The number of hydrogen-bond donors (Lipinski definition) is 2. The number of nitrogens with one attached hydrogen (secondary N) is 1. The van der Waals surface area contributed by atoms with Gasteiger partial charge in [0, 0.05) is 63.3 Å². The van der Waals surface area contributed by atoms with Gasteiger partial charge in [-0.05, 0) is 38.5 Å². The number of unbranched alkanes of at least 4 members (excludes halogenated alkanes) is 1. The molecule has 0 bridgehead atoms. The first-order valence-electron chi connectivity index (χ1n) is 12.5. The lowest BCUT2D eigenvalue weighted by molar-refractivity contribution is 0.144. The van der Waals surface area contributed by atoms with Crippen LogP contribution in [0.5, 0.6) is 0 Å². The molecular weight excluding hydrogens is 440 g/mol. The van der Waals surface area contributed by atoms with Crippen LogP contribution < -0.4 is 16.0 Å². The lowest BCUT2D eigenvalue weighted by atomic mass is 9.97. The molecule has 0 saturated carbocycles. The SMILES string of the molecule is CCCCC(C)(C)Nc1nc(N)nc2cc(-c3ccc(N4CCN(CCOC)CC4)nc3)ncc12. The fourth-order valence-electron chi connectivity index (χ4n) is 4.44. The highest BCUT2D eigenvalue weighted by molar-refractivity contribution is 5.91. The van der Waals surface area contributed by atoms with Crippen LogP contribution >= 0.6 is 0 Å². The molecule has 3 N–H and O–H groups in total. The normalized spacial score (nSPS) is 15.0. The monoisotopic (exact) mass is 478 g/mol. The first kappa shape index (κ1) is 25.1. The standard InChI is InChI=1S/C26H38N8O/c1-5-6-9-26(2,3)32-24-20-18-28-21(16-22(20)30-25(27)31-24)19-7-8-23(29-17-19)34-12-10-33(11-13-34)14-15-35-4/h7-8,16-18H,5-6,9-15H2,1-4H3,(H3,27,30,31,32). The quantitative estimate of drug-likeness (QED) is 0.450. The number of nitrogens with two attached hydrogens (primary N) is 1. The highest BCUT2D eigenvalue weighted by atomic mass is 16.5. The Balaban J connectivity index is 1.49. The number of pyridine rings is 2. The number of rotatable bonds is 10. The van der Waals surface area contributed by atoms with Crippen molar-refractivity contribution >= 4 is 28.5 Å². The second-order valence-corrected chi connectivity index (χ2v) is 9.86. The molecule has 0 spiro atoms. The van der Waals surface area contributed by atoms with E-state index in [0.29, 0.717) is 0 Å². The van der Waals surface area contributed by atoms with Crippen molar-refractivity contribution in [3.8, 4) is 11.3 Å². The number of methoxy groups -OCH3 is 1. The van der Waals surface area contributed by atoms with E-state index in [-0.39, 0.29) is 11.5 Å². The summed E-state index contributed by atoms with van der Waals surface area (Å²) in [5.41, 5.74) is 8.50. The molecule has 188 valence electrons. The predicted octanol–water partition coefficient (Wildman–Crippen LogP) is 3.82. The average molecular weight is 479 g/mol. The van der Waals surface area contributed by atoms with E-state index in [9.17, 15) is 0 Å². The maximum atomic E-state index is 6.06. The third-order valence-electron chi connectivity index (χ3n) is 6.56. The smallest absolute Gasteiger partial charge is 0.222 e. The van der Waals surface area contributed by atoms with Gasteiger partial charge in [-0.25, -0.2) is 9.97 Å². The molecule has 0 aliphatic carbocycles. The predicted molar refractivity (Wildman–Crippen MR) is 143 cm³/mol. The summed E-state index contributed by atoms with van der Waals surface area (Å²) >= 11 is 0. The van der Waals surface area contributed by atoms with E-state index in [4.69, 9.17) is 20.4 Å². The Morgan fingerprint density at radius 3 is 2.57 bits per heavy atom. The molecule has 3 aromatic heterocycles. The zero-order valence-electron chi connectivity index (χ0n) is 21.4. The molecule has 0 atom stereocenters. The topological polar surface area (TPSA) is 105 Å². The van der Waals surface area contributed by atoms with Gasteiger partial charge in [0.25, 0.3) is 0 Å². The summed E-state index contributed by atoms with van der Waals surface area (Å²) in [5.74, 6) is 1.97. The van der Waals surface area contributed by atoms with Gasteiger partial charge in [-0.15, -0.1) is 0 Å². The van der Waals surface area contributed by atoms with Gasteiger partial charge in [0.15, 0.2) is 0 Å². The number of aromatic nitrogens is 4. The summed E-state index contributed by atoms with van der Waals surface area (Å²) in [5, 5.41) is 4.42. The van der Waals surface area contributed by atoms with Crippen molar-refractivity contribution in [3.05, 3.63) is 30.6 Å². The minimum absolute atomic E-state index is 0.0998. The Labute approximate surface area is 208 Å². The van der Waals surface area contributed by atoms with Crippen LogP contribution in [0.2, 0.25) is 0 Å². The van der Waals surface area contributed by atoms with E-state index in [0.717, 1.165) is 92.4 Å². The molecule has 0 radical (unpaired) electrons. The van der Waals surface area contributed by atoms with E-state index >= 15 is 0 Å². The lowest BCUT2D eigenvalue weighted by Gasteiger charge is -2.35. The molecule has 9 heteroatoms. The van der Waals surface area contributed by atoms with Crippen LogP contribution in [-0.4, -0.2) is 76.8 Å². The highest BCUT2D eigenvalue weighted by Crippen LogP contribution is 2.29. The largest absolute Gasteiger partial charge is 0.383 e. The summed E-state index contributed by atoms with van der Waals surface area (Å²) in [7, 11) is 1.75. The fourth-order valence-corrected chi connectivity index (χ4v) is 4.44. The third kappa shape index (κ3) is 6.35. The molecule has 1 fully saturated rings. The Morgan fingerprint density at radius 1 is 1.09 bits per heavy atom. The van der Waals surface area contributed by atoms with Gasteiger partial charge in [0.05, 0.1) is 23.2 Å². The summed E-state index contributed by atoms with van der Waals surface area (Å²) < 4.78 is 5.19. The number of nitrogens with zero attached hydrogens (tertiary/aromatic N) is 6. The molecular formula is C26H38N8O. The van der Waals surface area contributed by atoms with Crippen molar-refractivity contribution in [2.45, 2.75) is 45.6 Å². The second-order valence-electron chi connectivity index (χ2n) is 9.86. The summed E-state index contributed by atoms with van der Waals surface area (Å²) in [6.45, 7) is 12.3. The van der Waals surface area contributed by atoms with E-state index in [1.807, 2.05) is 18.5 Å².